The van der Waals surface area contributed by atoms with Crippen LogP contribution in [-0.2, 0) is 0 Å². The Bertz CT molecular complexity index is 3240. The quantitative estimate of drug-likeness (QED) is 0.166. The van der Waals surface area contributed by atoms with Crippen LogP contribution in [0.5, 0.6) is 0 Å². The molecule has 8 aromatic carbocycles. The monoisotopic (exact) mass is 717 g/mol. The van der Waals surface area contributed by atoms with Crippen molar-refractivity contribution in [1.29, 1.82) is 0 Å². The topological polar surface area (TPSA) is 38.7 Å². The van der Waals surface area contributed by atoms with Gasteiger partial charge in [0, 0.05) is 47.8 Å². The van der Waals surface area contributed by atoms with Crippen molar-refractivity contribution >= 4 is 64.0 Å². The van der Waals surface area contributed by atoms with Gasteiger partial charge in [0.2, 0.25) is 0 Å². The van der Waals surface area contributed by atoms with E-state index in [0.717, 1.165) is 50.2 Å². The van der Waals surface area contributed by atoms with Crippen molar-refractivity contribution in [2.75, 3.05) is 0 Å². The van der Waals surface area contributed by atoms with Gasteiger partial charge in [0.1, 0.15) is 0 Å². The summed E-state index contributed by atoms with van der Waals surface area (Å²) in [4.78, 5) is 15.9. The van der Waals surface area contributed by atoms with E-state index in [1.807, 2.05) is 35.6 Å². The molecule has 4 heteroatoms. The van der Waals surface area contributed by atoms with Crippen LogP contribution in [0.15, 0.2) is 188 Å². The van der Waals surface area contributed by atoms with Gasteiger partial charge in [-0.1, -0.05) is 164 Å². The molecule has 3 aromatic heterocycles. The Morgan fingerprint density at radius 2 is 0.945 bits per heavy atom. The van der Waals surface area contributed by atoms with E-state index in [1.165, 1.54) is 52.8 Å². The highest BCUT2D eigenvalue weighted by Gasteiger charge is 2.20. The van der Waals surface area contributed by atoms with E-state index >= 15 is 0 Å². The van der Waals surface area contributed by atoms with Crippen LogP contribution in [0, 0.1) is 0 Å². The molecule has 0 aliphatic carbocycles. The minimum Gasteiger partial charge on any atom is -0.247 e. The third-order valence-electron chi connectivity index (χ3n) is 10.7. The predicted octanol–water partition coefficient (Wildman–Crippen LogP) is 14.0. The first-order valence-electron chi connectivity index (χ1n) is 18.5. The van der Waals surface area contributed by atoms with Crippen LogP contribution >= 0.6 is 11.3 Å². The zero-order valence-electron chi connectivity index (χ0n) is 29.6. The van der Waals surface area contributed by atoms with E-state index in [2.05, 4.69) is 164 Å². The van der Waals surface area contributed by atoms with Gasteiger partial charge in [-0.15, -0.1) is 11.3 Å². The molecular formula is C51H31N3S. The molecule has 0 fully saturated rings. The average Bonchev–Trinajstić information content (AvgIpc) is 3.66. The number of aromatic nitrogens is 3. The lowest BCUT2D eigenvalue weighted by Gasteiger charge is -2.14. The van der Waals surface area contributed by atoms with Crippen molar-refractivity contribution in [2.45, 2.75) is 0 Å². The molecule has 0 amide bonds. The number of nitrogens with zero attached hydrogens (tertiary/aromatic N) is 3. The molecule has 0 spiro atoms. The fourth-order valence-electron chi connectivity index (χ4n) is 7.99. The molecule has 0 aliphatic rings. The lowest BCUT2D eigenvalue weighted by Crippen LogP contribution is -1.96. The van der Waals surface area contributed by atoms with E-state index in [0.29, 0.717) is 5.82 Å². The van der Waals surface area contributed by atoms with Gasteiger partial charge in [0.25, 0.3) is 0 Å². The Labute approximate surface area is 321 Å². The Morgan fingerprint density at radius 3 is 1.73 bits per heavy atom. The molecule has 55 heavy (non-hydrogen) atoms. The second-order valence-electron chi connectivity index (χ2n) is 14.0. The molecule has 0 radical (unpaired) electrons. The van der Waals surface area contributed by atoms with Gasteiger partial charge in [0.05, 0.1) is 22.6 Å². The second-order valence-corrected chi connectivity index (χ2v) is 15.0. The van der Waals surface area contributed by atoms with Crippen molar-refractivity contribution in [1.82, 2.24) is 15.0 Å². The first kappa shape index (κ1) is 31.5. The Balaban J connectivity index is 1.14. The smallest absolute Gasteiger partial charge is 0.160 e. The molecule has 0 aliphatic heterocycles. The normalized spacial score (nSPS) is 11.6. The highest BCUT2D eigenvalue weighted by Crippen LogP contribution is 2.46. The number of rotatable bonds is 5. The zero-order chi connectivity index (χ0) is 36.3. The van der Waals surface area contributed by atoms with Crippen molar-refractivity contribution in [3.05, 3.63) is 188 Å². The summed E-state index contributed by atoms with van der Waals surface area (Å²) < 4.78 is 2.50. The molecular weight excluding hydrogens is 687 g/mol. The molecule has 0 saturated heterocycles. The van der Waals surface area contributed by atoms with Crippen LogP contribution < -0.4 is 0 Å². The van der Waals surface area contributed by atoms with Crippen LogP contribution in [0.1, 0.15) is 0 Å². The summed E-state index contributed by atoms with van der Waals surface area (Å²) in [7, 11) is 0. The summed E-state index contributed by atoms with van der Waals surface area (Å²) in [6, 6.07) is 66.6. The third kappa shape index (κ3) is 5.38. The van der Waals surface area contributed by atoms with E-state index in [-0.39, 0.29) is 0 Å². The lowest BCUT2D eigenvalue weighted by molar-refractivity contribution is 1.18. The summed E-state index contributed by atoms with van der Waals surface area (Å²) in [5.41, 5.74) is 10.2. The minimum atomic E-state index is 0.691. The zero-order valence-corrected chi connectivity index (χ0v) is 30.5. The molecule has 11 aromatic rings. The second kappa shape index (κ2) is 12.8. The van der Waals surface area contributed by atoms with Crippen LogP contribution in [0.3, 0.4) is 0 Å². The van der Waals surface area contributed by atoms with Crippen LogP contribution in [0.25, 0.3) is 109 Å². The molecule has 11 rings (SSSR count). The number of fused-ring (bicyclic) bond motifs is 8. The Morgan fingerprint density at radius 1 is 0.364 bits per heavy atom. The van der Waals surface area contributed by atoms with Gasteiger partial charge in [-0.3, -0.25) is 0 Å². The summed E-state index contributed by atoms with van der Waals surface area (Å²) in [5.74, 6) is 0.691. The average molecular weight is 718 g/mol. The number of hydrogen-bond acceptors (Lipinski definition) is 4. The van der Waals surface area contributed by atoms with Gasteiger partial charge < -0.3 is 0 Å². The molecule has 256 valence electrons. The largest absolute Gasteiger partial charge is 0.247 e. The van der Waals surface area contributed by atoms with Crippen LogP contribution in [0.2, 0.25) is 0 Å². The first-order valence-corrected chi connectivity index (χ1v) is 19.3. The highest BCUT2D eigenvalue weighted by atomic mass is 32.1. The molecule has 0 saturated carbocycles. The molecule has 0 unspecified atom stereocenters. The van der Waals surface area contributed by atoms with Gasteiger partial charge in [-0.2, -0.15) is 0 Å². The summed E-state index contributed by atoms with van der Waals surface area (Å²) >= 11 is 1.84. The maximum absolute atomic E-state index is 5.60. The standard InChI is InChI=1S/C51H31N3S/c1-3-13-32(14-4-1)33-23-25-34(26-24-33)44-31-45(54-51(53-44)35-15-5-2-6-16-35)37-27-28-41-46(30-37)52-49(48-42-21-11-12-22-47(42)55-50(41)48)43-29-36-17-7-8-18-38(36)39-19-9-10-20-40(39)43/h1-31H. The van der Waals surface area contributed by atoms with E-state index < -0.39 is 0 Å². The Kier molecular flexibility index (Phi) is 7.35. The van der Waals surface area contributed by atoms with Gasteiger partial charge in [0.15, 0.2) is 5.82 Å². The van der Waals surface area contributed by atoms with Crippen molar-refractivity contribution in [3.63, 3.8) is 0 Å². The maximum Gasteiger partial charge on any atom is 0.160 e. The number of hydrogen-bond donors (Lipinski definition) is 0. The predicted molar refractivity (Wildman–Crippen MR) is 232 cm³/mol. The van der Waals surface area contributed by atoms with Gasteiger partial charge in [-0.05, 0) is 56.9 Å². The third-order valence-corrected chi connectivity index (χ3v) is 11.9. The molecule has 0 bridgehead atoms. The minimum absolute atomic E-state index is 0.691. The SMILES string of the molecule is c1ccc(-c2ccc(-c3cc(-c4ccc5c(c4)nc(-c4cc6ccccc6c6ccccc46)c4c6ccccc6sc54)nc(-c4ccccc4)n3)cc2)cc1. The summed E-state index contributed by atoms with van der Waals surface area (Å²) in [6.07, 6.45) is 0. The van der Waals surface area contributed by atoms with Crippen LogP contribution in [0.4, 0.5) is 0 Å². The lowest BCUT2D eigenvalue weighted by atomic mass is 9.93. The first-order chi connectivity index (χ1) is 27.2. The maximum atomic E-state index is 5.60. The molecule has 0 atom stereocenters. The van der Waals surface area contributed by atoms with Crippen molar-refractivity contribution in [2.24, 2.45) is 0 Å². The van der Waals surface area contributed by atoms with E-state index in [4.69, 9.17) is 15.0 Å². The van der Waals surface area contributed by atoms with Gasteiger partial charge >= 0.3 is 0 Å². The molecule has 0 N–H and O–H groups in total. The number of benzene rings is 8. The number of pyridine rings is 1. The van der Waals surface area contributed by atoms with E-state index in [1.54, 1.807) is 0 Å². The molecule has 3 nitrogen and oxygen atoms in total. The van der Waals surface area contributed by atoms with Crippen molar-refractivity contribution < 1.29 is 0 Å². The highest BCUT2D eigenvalue weighted by molar-refractivity contribution is 7.26. The fraction of sp³-hybridized carbons (Fsp3) is 0. The Hall–Kier alpha value is -7.01. The van der Waals surface area contributed by atoms with Gasteiger partial charge in [-0.25, -0.2) is 15.0 Å². The summed E-state index contributed by atoms with van der Waals surface area (Å²) in [5, 5.41) is 8.47. The summed E-state index contributed by atoms with van der Waals surface area (Å²) in [6.45, 7) is 0. The molecule has 3 heterocycles. The van der Waals surface area contributed by atoms with Crippen LogP contribution in [-0.4, -0.2) is 15.0 Å². The van der Waals surface area contributed by atoms with Crippen molar-refractivity contribution in [3.8, 4) is 56.3 Å². The van der Waals surface area contributed by atoms with E-state index in [9.17, 15) is 0 Å². The fourth-order valence-corrected chi connectivity index (χ4v) is 9.23. The number of thiophene rings is 1.